The molecule has 1 atom stereocenters. The van der Waals surface area contributed by atoms with Gasteiger partial charge in [0.15, 0.2) is 5.13 Å². The Labute approximate surface area is 167 Å². The van der Waals surface area contributed by atoms with Crippen LogP contribution >= 0.6 is 23.7 Å². The van der Waals surface area contributed by atoms with Crippen LogP contribution in [0.4, 0.5) is 9.52 Å². The zero-order valence-corrected chi connectivity index (χ0v) is 16.8. The summed E-state index contributed by atoms with van der Waals surface area (Å²) in [6.45, 7) is 1.86. The maximum Gasteiger partial charge on any atom is 0.247 e. The summed E-state index contributed by atoms with van der Waals surface area (Å²) in [7, 11) is 3.52. The summed E-state index contributed by atoms with van der Waals surface area (Å²) in [6, 6.07) is 6.15. The lowest BCUT2D eigenvalue weighted by atomic mass is 10.1. The summed E-state index contributed by atoms with van der Waals surface area (Å²) in [6.07, 6.45) is 3.89. The lowest BCUT2D eigenvalue weighted by Gasteiger charge is -2.12. The van der Waals surface area contributed by atoms with E-state index in [9.17, 15) is 9.18 Å². The number of carbonyl (C=O) groups excluding carboxylic acids is 1. The van der Waals surface area contributed by atoms with E-state index < -0.39 is 6.04 Å². The van der Waals surface area contributed by atoms with E-state index in [4.69, 9.17) is 0 Å². The second-order valence-corrected chi connectivity index (χ2v) is 7.04. The van der Waals surface area contributed by atoms with Crippen molar-refractivity contribution >= 4 is 34.8 Å². The van der Waals surface area contributed by atoms with Gasteiger partial charge < -0.3 is 10.6 Å². The smallest absolute Gasteiger partial charge is 0.247 e. The molecule has 1 unspecified atom stereocenters. The molecule has 144 valence electrons. The third-order valence-corrected chi connectivity index (χ3v) is 5.11. The van der Waals surface area contributed by atoms with Crippen molar-refractivity contribution in [3.05, 3.63) is 64.2 Å². The molecule has 0 aliphatic heterocycles. The maximum atomic E-state index is 13.9. The van der Waals surface area contributed by atoms with E-state index in [0.717, 1.165) is 16.1 Å². The Bertz CT molecular complexity index is 926. The van der Waals surface area contributed by atoms with E-state index in [1.807, 2.05) is 13.0 Å². The van der Waals surface area contributed by atoms with Crippen LogP contribution in [0, 0.1) is 12.7 Å². The first-order chi connectivity index (χ1) is 12.5. The zero-order chi connectivity index (χ0) is 18.7. The zero-order valence-electron chi connectivity index (χ0n) is 15.2. The van der Waals surface area contributed by atoms with E-state index in [1.54, 1.807) is 43.3 Å². The minimum atomic E-state index is -0.525. The van der Waals surface area contributed by atoms with Crippen LogP contribution in [0.1, 0.15) is 27.7 Å². The predicted molar refractivity (Wildman–Crippen MR) is 107 cm³/mol. The summed E-state index contributed by atoms with van der Waals surface area (Å²) in [4.78, 5) is 17.9. The van der Waals surface area contributed by atoms with Crippen LogP contribution in [0.5, 0.6) is 0 Å². The minimum absolute atomic E-state index is 0. The van der Waals surface area contributed by atoms with Crippen molar-refractivity contribution in [2.24, 2.45) is 7.05 Å². The average Bonchev–Trinajstić information content (AvgIpc) is 3.16. The Morgan fingerprint density at radius 1 is 1.37 bits per heavy atom. The number of benzene rings is 1. The van der Waals surface area contributed by atoms with Crippen LogP contribution in [0.2, 0.25) is 0 Å². The second kappa shape index (κ2) is 9.07. The summed E-state index contributed by atoms with van der Waals surface area (Å²) in [5.74, 6) is -0.454. The number of amides is 1. The molecule has 6 nitrogen and oxygen atoms in total. The number of hydrogen-bond donors (Lipinski definition) is 2. The molecule has 0 saturated heterocycles. The third kappa shape index (κ3) is 4.91. The number of rotatable bonds is 6. The van der Waals surface area contributed by atoms with Gasteiger partial charge in [0.25, 0.3) is 0 Å². The summed E-state index contributed by atoms with van der Waals surface area (Å²) >= 11 is 1.36. The molecule has 0 aliphatic carbocycles. The molecule has 9 heteroatoms. The molecule has 1 amide bonds. The van der Waals surface area contributed by atoms with Gasteiger partial charge in [-0.05, 0) is 25.6 Å². The molecule has 0 spiro atoms. The summed E-state index contributed by atoms with van der Waals surface area (Å²) < 4.78 is 15.5. The number of carbonyl (C=O) groups is 1. The summed E-state index contributed by atoms with van der Waals surface area (Å²) in [5, 5.41) is 10.4. The molecule has 0 saturated carbocycles. The van der Waals surface area contributed by atoms with E-state index in [1.165, 1.54) is 17.4 Å². The van der Waals surface area contributed by atoms with Crippen molar-refractivity contribution in [1.82, 2.24) is 20.1 Å². The van der Waals surface area contributed by atoms with Crippen molar-refractivity contribution in [2.75, 3.05) is 12.4 Å². The molecule has 27 heavy (non-hydrogen) atoms. The van der Waals surface area contributed by atoms with Gasteiger partial charge in [0, 0.05) is 30.1 Å². The largest absolute Gasteiger partial charge is 0.305 e. The number of anilines is 1. The fraction of sp³-hybridized carbons (Fsp3) is 0.278. The molecule has 0 aliphatic rings. The number of hydrogen-bond acceptors (Lipinski definition) is 5. The van der Waals surface area contributed by atoms with Crippen LogP contribution < -0.4 is 10.6 Å². The van der Waals surface area contributed by atoms with Gasteiger partial charge in [-0.3, -0.25) is 9.48 Å². The number of aromatic nitrogens is 3. The van der Waals surface area contributed by atoms with E-state index in [0.29, 0.717) is 17.1 Å². The Kier molecular flexibility index (Phi) is 7.06. The molecule has 2 heterocycles. The van der Waals surface area contributed by atoms with Crippen molar-refractivity contribution in [3.63, 3.8) is 0 Å². The standard InChI is InChI=1S/C18H20FN5OS.ClH/c1-11-15(8-12-6-4-5-7-14(12)19)26-18(22-11)23-17(25)16(20-2)13-9-21-24(3)10-13;/h4-7,9-10,16,20H,8H2,1-3H3,(H,22,23,25);1H. The highest BCUT2D eigenvalue weighted by Crippen LogP contribution is 2.27. The van der Waals surface area contributed by atoms with E-state index >= 15 is 0 Å². The SMILES string of the molecule is CNC(C(=O)Nc1nc(C)c(Cc2ccccc2F)s1)c1cnn(C)c1.Cl. The second-order valence-electron chi connectivity index (χ2n) is 5.95. The lowest BCUT2D eigenvalue weighted by Crippen LogP contribution is -2.30. The number of thiazole rings is 1. The van der Waals surface area contributed by atoms with Crippen LogP contribution in [0.25, 0.3) is 0 Å². The average molecular weight is 410 g/mol. The van der Waals surface area contributed by atoms with Crippen LogP contribution in [-0.2, 0) is 18.3 Å². The van der Waals surface area contributed by atoms with Gasteiger partial charge >= 0.3 is 0 Å². The first-order valence-corrected chi connectivity index (χ1v) is 8.96. The number of nitrogens with zero attached hydrogens (tertiary/aromatic N) is 3. The molecule has 1 aromatic carbocycles. The maximum absolute atomic E-state index is 13.9. The van der Waals surface area contributed by atoms with Gasteiger partial charge in [0.2, 0.25) is 5.91 Å². The van der Waals surface area contributed by atoms with Gasteiger partial charge in [-0.1, -0.05) is 18.2 Å². The molecule has 0 fully saturated rings. The third-order valence-electron chi connectivity index (χ3n) is 4.04. The Hall–Kier alpha value is -2.29. The van der Waals surface area contributed by atoms with Crippen LogP contribution in [-0.4, -0.2) is 27.7 Å². The van der Waals surface area contributed by atoms with Crippen LogP contribution in [0.3, 0.4) is 0 Å². The molecule has 0 radical (unpaired) electrons. The van der Waals surface area contributed by atoms with E-state index in [2.05, 4.69) is 20.7 Å². The van der Waals surface area contributed by atoms with Crippen LogP contribution in [0.15, 0.2) is 36.7 Å². The fourth-order valence-corrected chi connectivity index (χ4v) is 3.66. The first kappa shape index (κ1) is 21.0. The van der Waals surface area contributed by atoms with Gasteiger partial charge in [0.05, 0.1) is 11.9 Å². The topological polar surface area (TPSA) is 71.8 Å². The first-order valence-electron chi connectivity index (χ1n) is 8.14. The van der Waals surface area contributed by atoms with Crippen molar-refractivity contribution < 1.29 is 9.18 Å². The number of aryl methyl sites for hydroxylation is 2. The minimum Gasteiger partial charge on any atom is -0.305 e. The van der Waals surface area contributed by atoms with Gasteiger partial charge in [0.1, 0.15) is 11.9 Å². The van der Waals surface area contributed by atoms with Crippen molar-refractivity contribution in [2.45, 2.75) is 19.4 Å². The van der Waals surface area contributed by atoms with Gasteiger partial charge in [-0.25, -0.2) is 9.37 Å². The number of likely N-dealkylation sites (N-methyl/N-ethyl adjacent to an activating group) is 1. The van der Waals surface area contributed by atoms with Crippen molar-refractivity contribution in [1.29, 1.82) is 0 Å². The molecule has 2 N–H and O–H groups in total. The highest BCUT2D eigenvalue weighted by atomic mass is 35.5. The molecule has 2 aromatic heterocycles. The van der Waals surface area contributed by atoms with Crippen molar-refractivity contribution in [3.8, 4) is 0 Å². The summed E-state index contributed by atoms with van der Waals surface area (Å²) in [5.41, 5.74) is 2.17. The molecule has 3 rings (SSSR count). The highest BCUT2D eigenvalue weighted by molar-refractivity contribution is 7.15. The Balaban J connectivity index is 0.00000261. The quantitative estimate of drug-likeness (QED) is 0.655. The molecular weight excluding hydrogens is 389 g/mol. The number of nitrogens with one attached hydrogen (secondary N) is 2. The monoisotopic (exact) mass is 409 g/mol. The van der Waals surface area contributed by atoms with E-state index in [-0.39, 0.29) is 24.1 Å². The van der Waals surface area contributed by atoms with Gasteiger partial charge in [-0.2, -0.15) is 5.10 Å². The Morgan fingerprint density at radius 3 is 2.74 bits per heavy atom. The molecule has 3 aromatic rings. The number of halogens is 2. The Morgan fingerprint density at radius 2 is 2.11 bits per heavy atom. The molecular formula is C18H21ClFN5OS. The predicted octanol–water partition coefficient (Wildman–Crippen LogP) is 3.24. The molecule has 0 bridgehead atoms. The lowest BCUT2D eigenvalue weighted by molar-refractivity contribution is -0.118. The normalized spacial score (nSPS) is 11.7. The fourth-order valence-electron chi connectivity index (χ4n) is 2.68. The van der Waals surface area contributed by atoms with Gasteiger partial charge in [-0.15, -0.1) is 23.7 Å². The highest BCUT2D eigenvalue weighted by Gasteiger charge is 2.22.